The number of hydrogen-bond donors (Lipinski definition) is 2. The highest BCUT2D eigenvalue weighted by atomic mass is 16.5. The summed E-state index contributed by atoms with van der Waals surface area (Å²) >= 11 is 0. The molecule has 0 atom stereocenters. The molecular formula is C20H25N3O3. The second-order valence-corrected chi connectivity index (χ2v) is 5.71. The lowest BCUT2D eigenvalue weighted by Gasteiger charge is -2.17. The van der Waals surface area contributed by atoms with Gasteiger partial charge in [-0.15, -0.1) is 0 Å². The zero-order chi connectivity index (χ0) is 18.8. The van der Waals surface area contributed by atoms with E-state index < -0.39 is 0 Å². The van der Waals surface area contributed by atoms with E-state index in [2.05, 4.69) is 10.6 Å². The molecular weight excluding hydrogens is 330 g/mol. The third kappa shape index (κ3) is 5.89. The van der Waals surface area contributed by atoms with Crippen LogP contribution < -0.4 is 15.5 Å². The van der Waals surface area contributed by atoms with Gasteiger partial charge in [0, 0.05) is 43.7 Å². The minimum Gasteiger partial charge on any atom is -0.382 e. The Hall–Kier alpha value is -2.86. The molecule has 0 aliphatic carbocycles. The molecule has 0 spiro atoms. The van der Waals surface area contributed by atoms with Gasteiger partial charge in [0.15, 0.2) is 0 Å². The summed E-state index contributed by atoms with van der Waals surface area (Å²) in [5.74, 6) is -0.142. The number of carbonyl (C=O) groups is 2. The molecule has 2 rings (SSSR count). The van der Waals surface area contributed by atoms with E-state index in [1.54, 1.807) is 36.2 Å². The van der Waals surface area contributed by atoms with Crippen LogP contribution in [0, 0.1) is 0 Å². The number of carbonyl (C=O) groups excluding carboxylic acids is 2. The molecule has 0 radical (unpaired) electrons. The third-order valence-corrected chi connectivity index (χ3v) is 3.77. The summed E-state index contributed by atoms with van der Waals surface area (Å²) in [6.45, 7) is 3.75. The second-order valence-electron chi connectivity index (χ2n) is 5.71. The topological polar surface area (TPSA) is 70.7 Å². The number of nitrogens with one attached hydrogen (secondary N) is 2. The summed E-state index contributed by atoms with van der Waals surface area (Å²) in [6, 6.07) is 16.0. The number of anilines is 2. The van der Waals surface area contributed by atoms with Crippen molar-refractivity contribution in [2.45, 2.75) is 13.3 Å². The highest BCUT2D eigenvalue weighted by Gasteiger charge is 2.14. The highest BCUT2D eigenvalue weighted by Crippen LogP contribution is 2.17. The number of rotatable bonds is 8. The molecule has 6 heteroatoms. The molecule has 0 unspecified atom stereocenters. The van der Waals surface area contributed by atoms with Crippen molar-refractivity contribution in [2.75, 3.05) is 37.0 Å². The van der Waals surface area contributed by atoms with Crippen molar-refractivity contribution in [3.05, 3.63) is 60.2 Å². The molecule has 0 aliphatic heterocycles. The van der Waals surface area contributed by atoms with Crippen molar-refractivity contribution in [1.82, 2.24) is 5.32 Å². The largest absolute Gasteiger partial charge is 0.382 e. The zero-order valence-corrected chi connectivity index (χ0v) is 15.2. The van der Waals surface area contributed by atoms with E-state index in [1.165, 1.54) is 0 Å². The molecule has 2 aromatic rings. The lowest BCUT2D eigenvalue weighted by Crippen LogP contribution is -2.30. The van der Waals surface area contributed by atoms with Crippen molar-refractivity contribution >= 4 is 23.3 Å². The van der Waals surface area contributed by atoms with Crippen molar-refractivity contribution in [1.29, 1.82) is 0 Å². The third-order valence-electron chi connectivity index (χ3n) is 3.77. The molecule has 0 aromatic heterocycles. The number of nitrogens with zero attached hydrogens (tertiary/aromatic N) is 1. The van der Waals surface area contributed by atoms with Gasteiger partial charge in [0.05, 0.1) is 0 Å². The Morgan fingerprint density at radius 1 is 1.08 bits per heavy atom. The van der Waals surface area contributed by atoms with E-state index in [-0.39, 0.29) is 11.9 Å². The van der Waals surface area contributed by atoms with Crippen LogP contribution in [0.1, 0.15) is 23.7 Å². The summed E-state index contributed by atoms with van der Waals surface area (Å²) in [7, 11) is 1.73. The SMILES string of the molecule is CCOCCCNC(=O)Nc1cccc(C(=O)N(C)c2ccccc2)c1. The fourth-order valence-electron chi connectivity index (χ4n) is 2.39. The Kier molecular flexibility index (Phi) is 7.64. The van der Waals surface area contributed by atoms with Crippen LogP contribution in [-0.2, 0) is 4.74 Å². The van der Waals surface area contributed by atoms with Crippen LogP contribution in [0.25, 0.3) is 0 Å². The van der Waals surface area contributed by atoms with E-state index in [0.717, 1.165) is 12.1 Å². The normalized spacial score (nSPS) is 10.2. The molecule has 3 amide bonds. The molecule has 2 N–H and O–H groups in total. The Balaban J connectivity index is 1.92. The van der Waals surface area contributed by atoms with Crippen molar-refractivity contribution < 1.29 is 14.3 Å². The van der Waals surface area contributed by atoms with Crippen LogP contribution in [0.15, 0.2) is 54.6 Å². The lowest BCUT2D eigenvalue weighted by molar-refractivity contribution is 0.0993. The molecule has 138 valence electrons. The first kappa shape index (κ1) is 19.5. The monoisotopic (exact) mass is 355 g/mol. The summed E-state index contributed by atoms with van der Waals surface area (Å²) in [5.41, 5.74) is 1.88. The molecule has 26 heavy (non-hydrogen) atoms. The minimum absolute atomic E-state index is 0.142. The smallest absolute Gasteiger partial charge is 0.319 e. The van der Waals surface area contributed by atoms with Crippen LogP contribution in [0.3, 0.4) is 0 Å². The van der Waals surface area contributed by atoms with Crippen molar-refractivity contribution in [3.8, 4) is 0 Å². The maximum absolute atomic E-state index is 12.6. The first-order valence-electron chi connectivity index (χ1n) is 8.67. The summed E-state index contributed by atoms with van der Waals surface area (Å²) < 4.78 is 5.22. The number of amides is 3. The van der Waals surface area contributed by atoms with Gasteiger partial charge in [-0.3, -0.25) is 4.79 Å². The molecule has 0 saturated heterocycles. The van der Waals surface area contributed by atoms with Gasteiger partial charge in [0.25, 0.3) is 5.91 Å². The van der Waals surface area contributed by atoms with Gasteiger partial charge in [0.2, 0.25) is 0 Å². The lowest BCUT2D eigenvalue weighted by atomic mass is 10.1. The van der Waals surface area contributed by atoms with Crippen molar-refractivity contribution in [2.24, 2.45) is 0 Å². The number of benzene rings is 2. The Morgan fingerprint density at radius 3 is 2.58 bits per heavy atom. The summed E-state index contributed by atoms with van der Waals surface area (Å²) in [4.78, 5) is 26.1. The molecule has 6 nitrogen and oxygen atoms in total. The summed E-state index contributed by atoms with van der Waals surface area (Å²) in [6.07, 6.45) is 0.752. The van der Waals surface area contributed by atoms with E-state index >= 15 is 0 Å². The average Bonchev–Trinajstić information content (AvgIpc) is 2.67. The molecule has 0 saturated carbocycles. The predicted octanol–water partition coefficient (Wildman–Crippen LogP) is 3.51. The molecule has 0 fully saturated rings. The fourth-order valence-corrected chi connectivity index (χ4v) is 2.39. The number of hydrogen-bond acceptors (Lipinski definition) is 3. The second kappa shape index (κ2) is 10.2. The van der Waals surface area contributed by atoms with Crippen LogP contribution in [-0.4, -0.2) is 38.7 Å². The molecule has 0 bridgehead atoms. The van der Waals surface area contributed by atoms with Crippen LogP contribution >= 0.6 is 0 Å². The van der Waals surface area contributed by atoms with Crippen LogP contribution in [0.2, 0.25) is 0 Å². The van der Waals surface area contributed by atoms with Gasteiger partial charge in [0.1, 0.15) is 0 Å². The Morgan fingerprint density at radius 2 is 1.85 bits per heavy atom. The Labute approximate surface area is 154 Å². The minimum atomic E-state index is -0.303. The first-order chi connectivity index (χ1) is 12.6. The van der Waals surface area contributed by atoms with Gasteiger partial charge < -0.3 is 20.3 Å². The molecule has 0 aliphatic rings. The van der Waals surface area contributed by atoms with Crippen molar-refractivity contribution in [3.63, 3.8) is 0 Å². The fraction of sp³-hybridized carbons (Fsp3) is 0.300. The maximum Gasteiger partial charge on any atom is 0.319 e. The van der Waals surface area contributed by atoms with E-state index in [0.29, 0.717) is 31.0 Å². The number of para-hydroxylation sites is 1. The maximum atomic E-state index is 12.6. The van der Waals surface area contributed by atoms with Gasteiger partial charge in [-0.25, -0.2) is 4.79 Å². The number of urea groups is 1. The van der Waals surface area contributed by atoms with Crippen LogP contribution in [0.5, 0.6) is 0 Å². The average molecular weight is 355 g/mol. The molecule has 0 heterocycles. The standard InChI is InChI=1S/C20H25N3O3/c1-3-26-14-8-13-21-20(25)22-17-10-7-9-16(15-17)19(24)23(2)18-11-5-4-6-12-18/h4-7,9-12,15H,3,8,13-14H2,1-2H3,(H2,21,22,25). The zero-order valence-electron chi connectivity index (χ0n) is 15.2. The van der Waals surface area contributed by atoms with E-state index in [4.69, 9.17) is 4.74 Å². The molecule has 2 aromatic carbocycles. The van der Waals surface area contributed by atoms with Gasteiger partial charge in [-0.2, -0.15) is 0 Å². The summed E-state index contributed by atoms with van der Waals surface area (Å²) in [5, 5.41) is 5.51. The van der Waals surface area contributed by atoms with Crippen LogP contribution in [0.4, 0.5) is 16.2 Å². The number of ether oxygens (including phenoxy) is 1. The quantitative estimate of drug-likeness (QED) is 0.712. The van der Waals surface area contributed by atoms with Gasteiger partial charge in [-0.1, -0.05) is 24.3 Å². The van der Waals surface area contributed by atoms with Gasteiger partial charge >= 0.3 is 6.03 Å². The Bertz CT molecular complexity index is 719. The van der Waals surface area contributed by atoms with E-state index in [1.807, 2.05) is 37.3 Å². The van der Waals surface area contributed by atoms with Gasteiger partial charge in [-0.05, 0) is 43.7 Å². The van der Waals surface area contributed by atoms with E-state index in [9.17, 15) is 9.59 Å². The highest BCUT2D eigenvalue weighted by molar-refractivity contribution is 6.06. The first-order valence-corrected chi connectivity index (χ1v) is 8.67. The predicted molar refractivity (Wildman–Crippen MR) is 104 cm³/mol.